The van der Waals surface area contributed by atoms with E-state index in [1.54, 1.807) is 18.2 Å². The molecule has 5 heteroatoms. The van der Waals surface area contributed by atoms with Crippen molar-refractivity contribution in [2.75, 3.05) is 5.43 Å². The average molecular weight is 344 g/mol. The van der Waals surface area contributed by atoms with Crippen molar-refractivity contribution >= 4 is 41.8 Å². The Labute approximate surface area is 150 Å². The maximum absolute atomic E-state index is 4.43. The van der Waals surface area contributed by atoms with Crippen LogP contribution in [-0.4, -0.2) is 16.4 Å². The lowest BCUT2D eigenvalue weighted by atomic mass is 10.2. The van der Waals surface area contributed by atoms with Crippen LogP contribution < -0.4 is 5.43 Å². The minimum atomic E-state index is 1.04. The molecular weight excluding hydrogens is 328 g/mol. The topological polar surface area (TPSA) is 41.7 Å². The summed E-state index contributed by atoms with van der Waals surface area (Å²) in [6.45, 7) is 0. The highest BCUT2D eigenvalue weighted by atomic mass is 32.2. The van der Waals surface area contributed by atoms with Gasteiger partial charge in [0.05, 0.1) is 28.2 Å². The van der Waals surface area contributed by atoms with E-state index in [4.69, 9.17) is 0 Å². The first-order valence-electron chi connectivity index (χ1n) is 7.94. The van der Waals surface area contributed by atoms with Crippen LogP contribution in [0.5, 0.6) is 0 Å². The number of anilines is 1. The molecule has 4 nitrogen and oxygen atoms in total. The third kappa shape index (κ3) is 3.56. The predicted octanol–water partition coefficient (Wildman–Crippen LogP) is 5.22. The molecule has 0 saturated heterocycles. The summed E-state index contributed by atoms with van der Waals surface area (Å²) in [5.41, 5.74) is 7.33. The van der Waals surface area contributed by atoms with Gasteiger partial charge >= 0.3 is 0 Å². The molecule has 2 aliphatic rings. The molecule has 0 fully saturated rings. The van der Waals surface area contributed by atoms with Crippen molar-refractivity contribution < 1.29 is 0 Å². The summed E-state index contributed by atoms with van der Waals surface area (Å²) < 4.78 is 2.12. The van der Waals surface area contributed by atoms with Crippen LogP contribution in [-0.2, 0) is 0 Å². The van der Waals surface area contributed by atoms with Crippen molar-refractivity contribution in [1.82, 2.24) is 3.97 Å². The number of aliphatic imine (C=N–C) groups is 1. The summed E-state index contributed by atoms with van der Waals surface area (Å²) in [4.78, 5) is 5.63. The lowest BCUT2D eigenvalue weighted by molar-refractivity contribution is 1.26. The van der Waals surface area contributed by atoms with Gasteiger partial charge in [0.2, 0.25) is 0 Å². The zero-order valence-corrected chi connectivity index (χ0v) is 14.2. The van der Waals surface area contributed by atoms with Gasteiger partial charge in [-0.25, -0.2) is 0 Å². The molecule has 0 aliphatic carbocycles. The first-order valence-corrected chi connectivity index (χ1v) is 8.71. The van der Waals surface area contributed by atoms with Gasteiger partial charge in [0.15, 0.2) is 0 Å². The molecule has 0 saturated carbocycles. The number of para-hydroxylation sites is 2. The molecular formula is C20H16N4S. The molecule has 2 aliphatic heterocycles. The molecule has 25 heavy (non-hydrogen) atoms. The highest BCUT2D eigenvalue weighted by molar-refractivity contribution is 7.98. The molecule has 3 aromatic rings. The summed E-state index contributed by atoms with van der Waals surface area (Å²) >= 11 is 1.70. The minimum absolute atomic E-state index is 1.04. The largest absolute Gasteiger partial charge is 0.286 e. The van der Waals surface area contributed by atoms with Crippen molar-refractivity contribution in [3.63, 3.8) is 0 Å². The van der Waals surface area contributed by atoms with E-state index in [1.165, 1.54) is 10.5 Å². The van der Waals surface area contributed by atoms with E-state index in [-0.39, 0.29) is 0 Å². The van der Waals surface area contributed by atoms with Crippen molar-refractivity contribution in [3.8, 4) is 0 Å². The molecule has 0 unspecified atom stereocenters. The molecule has 1 aromatic heterocycles. The maximum atomic E-state index is 4.43. The van der Waals surface area contributed by atoms with Gasteiger partial charge in [-0.2, -0.15) is 5.10 Å². The molecule has 5 rings (SSSR count). The van der Waals surface area contributed by atoms with E-state index in [0.29, 0.717) is 0 Å². The second-order valence-electron chi connectivity index (χ2n) is 5.41. The third-order valence-electron chi connectivity index (χ3n) is 3.72. The summed E-state index contributed by atoms with van der Waals surface area (Å²) in [6, 6.07) is 20.3. The molecule has 0 radical (unpaired) electrons. The summed E-state index contributed by atoms with van der Waals surface area (Å²) in [5, 5.41) is 3.95. The summed E-state index contributed by atoms with van der Waals surface area (Å²) in [6.07, 6.45) is 9.63. The second-order valence-corrected chi connectivity index (χ2v) is 6.43. The number of aromatic nitrogens is 1. The Morgan fingerprint density at radius 2 is 1.80 bits per heavy atom. The fraction of sp³-hybridized carbons (Fsp3) is 0. The van der Waals surface area contributed by atoms with Crippen LogP contribution in [0.25, 0.3) is 6.08 Å². The summed E-state index contributed by atoms with van der Waals surface area (Å²) in [7, 11) is 0. The van der Waals surface area contributed by atoms with Gasteiger partial charge < -0.3 is 0 Å². The highest BCUT2D eigenvalue weighted by Crippen LogP contribution is 2.33. The molecule has 0 atom stereocenters. The van der Waals surface area contributed by atoms with E-state index >= 15 is 0 Å². The molecule has 0 amide bonds. The lowest BCUT2D eigenvalue weighted by Crippen LogP contribution is -1.88. The van der Waals surface area contributed by atoms with E-state index in [1.807, 2.05) is 73.1 Å². The Hall–Kier alpha value is -3.05. The first-order chi connectivity index (χ1) is 12.4. The standard InChI is InChI=1S/C11H8N2S.C9H8N2/c1-2-6-11-10(5-1)12-8-9-4-3-7-13(9)14-11;1-2-6-9-8(4-1)5-3-7-10-11-9/h1-8H;1-7,11H. The number of hydrogen-bond donors (Lipinski definition) is 1. The van der Waals surface area contributed by atoms with E-state index in [9.17, 15) is 0 Å². The van der Waals surface area contributed by atoms with E-state index < -0.39 is 0 Å². The number of nitrogens with zero attached hydrogens (tertiary/aromatic N) is 3. The lowest BCUT2D eigenvalue weighted by Gasteiger charge is -2.03. The van der Waals surface area contributed by atoms with Crippen molar-refractivity contribution in [3.05, 3.63) is 84.2 Å². The predicted molar refractivity (Wildman–Crippen MR) is 107 cm³/mol. The minimum Gasteiger partial charge on any atom is -0.286 e. The first kappa shape index (κ1) is 15.5. The zero-order valence-electron chi connectivity index (χ0n) is 13.4. The molecule has 122 valence electrons. The van der Waals surface area contributed by atoms with Crippen molar-refractivity contribution in [1.29, 1.82) is 0 Å². The van der Waals surface area contributed by atoms with Crippen LogP contribution in [0.3, 0.4) is 0 Å². The Morgan fingerprint density at radius 3 is 2.80 bits per heavy atom. The Morgan fingerprint density at radius 1 is 0.920 bits per heavy atom. The zero-order chi connectivity index (χ0) is 16.9. The number of fused-ring (bicyclic) bond motifs is 3. The van der Waals surface area contributed by atoms with Crippen LogP contribution in [0.15, 0.2) is 87.9 Å². The van der Waals surface area contributed by atoms with Gasteiger partial charge in [-0.05, 0) is 53.9 Å². The van der Waals surface area contributed by atoms with Gasteiger partial charge in [0.1, 0.15) is 0 Å². The van der Waals surface area contributed by atoms with Gasteiger partial charge in [0.25, 0.3) is 0 Å². The SMILES string of the molecule is C1=Cc2ccccc2NN=C1.C1=Nc2ccccc2Sn2cccc21. The van der Waals surface area contributed by atoms with Crippen LogP contribution in [0.2, 0.25) is 0 Å². The van der Waals surface area contributed by atoms with Crippen LogP contribution in [0.1, 0.15) is 11.3 Å². The second kappa shape index (κ2) is 7.23. The average Bonchev–Trinajstić information content (AvgIpc) is 2.87. The Balaban J connectivity index is 0.000000129. The molecule has 1 N–H and O–H groups in total. The third-order valence-corrected chi connectivity index (χ3v) is 4.79. The number of allylic oxidation sites excluding steroid dienone is 1. The van der Waals surface area contributed by atoms with Crippen molar-refractivity contribution in [2.24, 2.45) is 10.1 Å². The number of benzene rings is 2. The van der Waals surface area contributed by atoms with Gasteiger partial charge in [-0.15, -0.1) is 0 Å². The smallest absolute Gasteiger partial charge is 0.0784 e. The van der Waals surface area contributed by atoms with Gasteiger partial charge in [-0.1, -0.05) is 36.4 Å². The number of rotatable bonds is 0. The van der Waals surface area contributed by atoms with Crippen LogP contribution in [0, 0.1) is 0 Å². The highest BCUT2D eigenvalue weighted by Gasteiger charge is 2.08. The maximum Gasteiger partial charge on any atom is 0.0784 e. The molecule has 0 bridgehead atoms. The monoisotopic (exact) mass is 344 g/mol. The quantitative estimate of drug-likeness (QED) is 0.475. The normalized spacial score (nSPS) is 13.3. The van der Waals surface area contributed by atoms with Gasteiger partial charge in [-0.3, -0.25) is 14.4 Å². The van der Waals surface area contributed by atoms with E-state index in [2.05, 4.69) is 31.6 Å². The Bertz CT molecular complexity index is 969. The number of nitrogens with one attached hydrogen (secondary N) is 1. The number of hydrogen-bond acceptors (Lipinski definition) is 4. The Kier molecular flexibility index (Phi) is 4.48. The number of hydrazone groups is 1. The van der Waals surface area contributed by atoms with Crippen LogP contribution >= 0.6 is 11.9 Å². The van der Waals surface area contributed by atoms with Gasteiger partial charge in [0, 0.05) is 12.4 Å². The summed E-state index contributed by atoms with van der Waals surface area (Å²) in [5.74, 6) is 0. The molecule has 3 heterocycles. The molecule has 2 aromatic carbocycles. The fourth-order valence-corrected chi connectivity index (χ4v) is 3.40. The molecule has 0 spiro atoms. The van der Waals surface area contributed by atoms with E-state index in [0.717, 1.165) is 17.1 Å². The fourth-order valence-electron chi connectivity index (χ4n) is 2.49. The van der Waals surface area contributed by atoms with Crippen molar-refractivity contribution in [2.45, 2.75) is 4.90 Å². The van der Waals surface area contributed by atoms with Crippen LogP contribution in [0.4, 0.5) is 11.4 Å².